The second-order valence-corrected chi connectivity index (χ2v) is 1.18. The summed E-state index contributed by atoms with van der Waals surface area (Å²) in [6.45, 7) is 0. The summed E-state index contributed by atoms with van der Waals surface area (Å²) in [5.74, 6) is 0. The molecule has 0 aromatic carbocycles. The molecule has 0 atom stereocenters. The van der Waals surface area contributed by atoms with Crippen molar-refractivity contribution in [2.75, 3.05) is 14.2 Å². The number of nitrogens with one attached hydrogen (secondary N) is 1. The van der Waals surface area contributed by atoms with Crippen LogP contribution in [0.15, 0.2) is 4.99 Å². The molecule has 0 aliphatic heterocycles. The van der Waals surface area contributed by atoms with Crippen LogP contribution in [0.2, 0.25) is 0 Å². The van der Waals surface area contributed by atoms with Gasteiger partial charge in [-0.1, -0.05) is 0 Å². The van der Waals surface area contributed by atoms with E-state index in [1.807, 2.05) is 0 Å². The number of amidine groups is 1. The summed E-state index contributed by atoms with van der Waals surface area (Å²) < 4.78 is 0. The molecule has 42 valence electrons. The summed E-state index contributed by atoms with van der Waals surface area (Å²) in [5, 5.41) is 0.252. The van der Waals surface area contributed by atoms with E-state index in [0.29, 0.717) is 0 Å². The molecule has 0 aliphatic carbocycles. The highest BCUT2D eigenvalue weighted by Gasteiger charge is 1.81. The second kappa shape index (κ2) is 3.89. The lowest BCUT2D eigenvalue weighted by molar-refractivity contribution is 0.146. The van der Waals surface area contributed by atoms with Crippen LogP contribution in [0.4, 0.5) is 0 Å². The van der Waals surface area contributed by atoms with Crippen molar-refractivity contribution in [3.05, 3.63) is 0 Å². The van der Waals surface area contributed by atoms with E-state index < -0.39 is 0 Å². The van der Waals surface area contributed by atoms with Gasteiger partial charge in [-0.2, -0.15) is 0 Å². The predicted molar refractivity (Wildman–Crippen MR) is 29.4 cm³/mol. The number of nitrogens with zero attached hydrogens (tertiary/aromatic N) is 1. The Morgan fingerprint density at radius 3 is 2.57 bits per heavy atom. The summed E-state index contributed by atoms with van der Waals surface area (Å²) in [6.07, 6.45) is 0. The van der Waals surface area contributed by atoms with Crippen molar-refractivity contribution in [3.63, 3.8) is 0 Å². The molecular weight excluding hydrogens is 115 g/mol. The first kappa shape index (κ1) is 6.72. The number of hydrogen-bond acceptors (Lipinski definition) is 2. The molecule has 0 rings (SSSR count). The average Bonchev–Trinajstić information content (AvgIpc) is 1.68. The molecule has 0 saturated carbocycles. The molecule has 4 heteroatoms. The van der Waals surface area contributed by atoms with Crippen molar-refractivity contribution in [2.24, 2.45) is 4.99 Å². The summed E-state index contributed by atoms with van der Waals surface area (Å²) in [7, 11) is 3.03. The van der Waals surface area contributed by atoms with Crippen molar-refractivity contribution in [1.29, 1.82) is 0 Å². The molecule has 0 bridgehead atoms. The summed E-state index contributed by atoms with van der Waals surface area (Å²) in [4.78, 5) is 7.91. The summed E-state index contributed by atoms with van der Waals surface area (Å²) in [6, 6.07) is 0. The zero-order valence-corrected chi connectivity index (χ0v) is 4.99. The Hall–Kier alpha value is -0.280. The Morgan fingerprint density at radius 1 is 1.86 bits per heavy atom. The molecule has 7 heavy (non-hydrogen) atoms. The van der Waals surface area contributed by atoms with Crippen LogP contribution in [0, 0.1) is 0 Å². The van der Waals surface area contributed by atoms with Crippen molar-refractivity contribution < 1.29 is 4.84 Å². The number of halogens is 1. The van der Waals surface area contributed by atoms with Crippen molar-refractivity contribution >= 4 is 16.9 Å². The molecule has 0 amide bonds. The third-order valence-electron chi connectivity index (χ3n) is 0.383. The third kappa shape index (κ3) is 3.55. The largest absolute Gasteiger partial charge is 0.277 e. The Kier molecular flexibility index (Phi) is 3.74. The van der Waals surface area contributed by atoms with Crippen LogP contribution in [0.5, 0.6) is 0 Å². The Balaban J connectivity index is 3.17. The second-order valence-electron chi connectivity index (χ2n) is 0.821. The van der Waals surface area contributed by atoms with Crippen LogP contribution in [-0.2, 0) is 4.84 Å². The fourth-order valence-electron chi connectivity index (χ4n) is 0.130. The van der Waals surface area contributed by atoms with E-state index in [2.05, 4.69) is 15.3 Å². The van der Waals surface area contributed by atoms with Gasteiger partial charge in [0.15, 0.2) is 0 Å². The third-order valence-corrected chi connectivity index (χ3v) is 0.629. The maximum absolute atomic E-state index is 5.28. The van der Waals surface area contributed by atoms with Crippen molar-refractivity contribution in [1.82, 2.24) is 5.48 Å². The van der Waals surface area contributed by atoms with Gasteiger partial charge in [-0.3, -0.25) is 9.83 Å². The van der Waals surface area contributed by atoms with E-state index in [0.717, 1.165) is 0 Å². The maximum atomic E-state index is 5.28. The number of rotatable bonds is 1. The van der Waals surface area contributed by atoms with E-state index in [1.54, 1.807) is 7.05 Å². The van der Waals surface area contributed by atoms with E-state index in [-0.39, 0.29) is 5.29 Å². The molecule has 0 aliphatic rings. The molecular formula is C3H7ClN2O. The van der Waals surface area contributed by atoms with Gasteiger partial charge in [0.2, 0.25) is 5.29 Å². The van der Waals surface area contributed by atoms with E-state index in [9.17, 15) is 0 Å². The van der Waals surface area contributed by atoms with Gasteiger partial charge in [0, 0.05) is 7.05 Å². The number of aliphatic imine (C=N–C) groups is 1. The van der Waals surface area contributed by atoms with E-state index in [4.69, 9.17) is 11.6 Å². The van der Waals surface area contributed by atoms with Gasteiger partial charge in [-0.15, -0.1) is 0 Å². The van der Waals surface area contributed by atoms with Crippen LogP contribution in [0.1, 0.15) is 0 Å². The Bertz CT molecular complexity index is 73.3. The first-order valence-corrected chi connectivity index (χ1v) is 2.10. The van der Waals surface area contributed by atoms with Gasteiger partial charge in [-0.05, 0) is 11.6 Å². The molecule has 1 N–H and O–H groups in total. The molecule has 0 radical (unpaired) electrons. The lowest BCUT2D eigenvalue weighted by atomic mass is 11.2. The minimum Gasteiger partial charge on any atom is -0.277 e. The van der Waals surface area contributed by atoms with Crippen LogP contribution in [0.25, 0.3) is 0 Å². The molecule has 0 fully saturated rings. The fraction of sp³-hybridized carbons (Fsp3) is 0.667. The average molecular weight is 123 g/mol. The Morgan fingerprint density at radius 2 is 2.43 bits per heavy atom. The summed E-state index contributed by atoms with van der Waals surface area (Å²) in [5.41, 5.74) is 2.31. The molecule has 0 aromatic rings. The van der Waals surface area contributed by atoms with Crippen molar-refractivity contribution in [2.45, 2.75) is 0 Å². The van der Waals surface area contributed by atoms with Crippen LogP contribution >= 0.6 is 11.6 Å². The summed E-state index contributed by atoms with van der Waals surface area (Å²) >= 11 is 5.28. The zero-order chi connectivity index (χ0) is 5.70. The topological polar surface area (TPSA) is 33.6 Å². The van der Waals surface area contributed by atoms with Gasteiger partial charge in [0.25, 0.3) is 0 Å². The van der Waals surface area contributed by atoms with Gasteiger partial charge in [0.1, 0.15) is 0 Å². The molecule has 0 aromatic heterocycles. The lowest BCUT2D eigenvalue weighted by Gasteiger charge is -1.94. The molecule has 0 saturated heterocycles. The predicted octanol–water partition coefficient (Wildman–Crippen LogP) is 0.362. The van der Waals surface area contributed by atoms with Crippen LogP contribution in [0.3, 0.4) is 0 Å². The van der Waals surface area contributed by atoms with Crippen LogP contribution in [-0.4, -0.2) is 19.5 Å². The van der Waals surface area contributed by atoms with Gasteiger partial charge < -0.3 is 0 Å². The number of hydrogen-bond donors (Lipinski definition) is 1. The number of hydroxylamine groups is 1. The minimum atomic E-state index is 0.252. The van der Waals surface area contributed by atoms with Gasteiger partial charge in [-0.25, -0.2) is 5.48 Å². The van der Waals surface area contributed by atoms with Crippen molar-refractivity contribution in [3.8, 4) is 0 Å². The smallest absolute Gasteiger partial charge is 0.215 e. The minimum absolute atomic E-state index is 0.252. The molecule has 0 unspecified atom stereocenters. The molecule has 3 nitrogen and oxygen atoms in total. The molecule has 0 spiro atoms. The normalized spacial score (nSPS) is 11.6. The highest BCUT2D eigenvalue weighted by Crippen LogP contribution is 1.75. The van der Waals surface area contributed by atoms with E-state index in [1.165, 1.54) is 7.11 Å². The lowest BCUT2D eigenvalue weighted by Crippen LogP contribution is -2.15. The van der Waals surface area contributed by atoms with Gasteiger partial charge >= 0.3 is 0 Å². The molecule has 0 heterocycles. The van der Waals surface area contributed by atoms with Gasteiger partial charge in [0.05, 0.1) is 7.11 Å². The van der Waals surface area contributed by atoms with Crippen LogP contribution < -0.4 is 5.48 Å². The quantitative estimate of drug-likeness (QED) is 0.236. The first-order chi connectivity index (χ1) is 3.31. The van der Waals surface area contributed by atoms with E-state index >= 15 is 0 Å². The first-order valence-electron chi connectivity index (χ1n) is 1.72. The zero-order valence-electron chi connectivity index (χ0n) is 4.23. The highest BCUT2D eigenvalue weighted by molar-refractivity contribution is 6.64. The standard InChI is InChI=1S/C3H7ClN2O/c1-5-3(4)6-7-2/h1-2H3,(H,5,6). The highest BCUT2D eigenvalue weighted by atomic mass is 35.5. The SMILES string of the molecule is CN=C(Cl)NOC. The monoisotopic (exact) mass is 122 g/mol. The maximum Gasteiger partial charge on any atom is 0.215 e. The Labute approximate surface area is 47.3 Å². The fourth-order valence-corrected chi connectivity index (χ4v) is 0.207.